The first-order valence-electron chi connectivity index (χ1n) is 8.73. The van der Waals surface area contributed by atoms with Gasteiger partial charge in [-0.25, -0.2) is 9.97 Å². The highest BCUT2D eigenvalue weighted by molar-refractivity contribution is 6.33. The number of hydrogen-bond donors (Lipinski definition) is 2. The Morgan fingerprint density at radius 1 is 1.15 bits per heavy atom. The van der Waals surface area contributed by atoms with Crippen LogP contribution in [-0.4, -0.2) is 20.4 Å². The molecule has 0 radical (unpaired) electrons. The molecule has 1 aliphatic carbocycles. The molecule has 2 aromatic carbocycles. The SMILES string of the molecule is Cc1cccc(Cl)c1Nc1nc2cc(NC3CC3)ccc2n2cncc12. The molecule has 2 N–H and O–H groups in total. The van der Waals surface area contributed by atoms with Crippen molar-refractivity contribution in [3.8, 4) is 0 Å². The van der Waals surface area contributed by atoms with Crippen molar-refractivity contribution in [1.82, 2.24) is 14.4 Å². The monoisotopic (exact) mass is 363 g/mol. The van der Waals surface area contributed by atoms with E-state index in [1.165, 1.54) is 12.8 Å². The summed E-state index contributed by atoms with van der Waals surface area (Å²) in [5, 5.41) is 7.62. The maximum absolute atomic E-state index is 6.39. The van der Waals surface area contributed by atoms with Crippen LogP contribution in [0.25, 0.3) is 16.6 Å². The number of hydrogen-bond acceptors (Lipinski definition) is 4. The number of anilines is 3. The van der Waals surface area contributed by atoms with Gasteiger partial charge in [0.15, 0.2) is 5.82 Å². The minimum absolute atomic E-state index is 0.604. The van der Waals surface area contributed by atoms with E-state index in [0.29, 0.717) is 11.1 Å². The van der Waals surface area contributed by atoms with E-state index in [2.05, 4.69) is 38.2 Å². The summed E-state index contributed by atoms with van der Waals surface area (Å²) in [6.45, 7) is 2.03. The molecule has 0 amide bonds. The van der Waals surface area contributed by atoms with Crippen LogP contribution < -0.4 is 10.6 Å². The van der Waals surface area contributed by atoms with Crippen LogP contribution >= 0.6 is 11.6 Å². The summed E-state index contributed by atoms with van der Waals surface area (Å²) in [6, 6.07) is 12.7. The topological polar surface area (TPSA) is 54.2 Å². The number of imidazole rings is 1. The van der Waals surface area contributed by atoms with Crippen molar-refractivity contribution in [1.29, 1.82) is 0 Å². The third-order valence-corrected chi connectivity index (χ3v) is 5.08. The lowest BCUT2D eigenvalue weighted by Gasteiger charge is -2.14. The number of para-hydroxylation sites is 1. The first kappa shape index (κ1) is 15.5. The van der Waals surface area contributed by atoms with E-state index >= 15 is 0 Å². The van der Waals surface area contributed by atoms with Crippen LogP contribution in [0.2, 0.25) is 5.02 Å². The van der Waals surface area contributed by atoms with E-state index in [-0.39, 0.29) is 0 Å². The van der Waals surface area contributed by atoms with Crippen LogP contribution in [0.5, 0.6) is 0 Å². The van der Waals surface area contributed by atoms with Gasteiger partial charge in [-0.3, -0.25) is 4.40 Å². The number of aryl methyl sites for hydroxylation is 1. The van der Waals surface area contributed by atoms with Gasteiger partial charge in [0.05, 0.1) is 34.3 Å². The second kappa shape index (κ2) is 5.88. The Morgan fingerprint density at radius 3 is 2.85 bits per heavy atom. The Balaban J connectivity index is 1.66. The molecule has 2 heterocycles. The second-order valence-electron chi connectivity index (χ2n) is 6.79. The van der Waals surface area contributed by atoms with Gasteiger partial charge in [-0.1, -0.05) is 23.7 Å². The van der Waals surface area contributed by atoms with Crippen LogP contribution in [0.1, 0.15) is 18.4 Å². The van der Waals surface area contributed by atoms with Gasteiger partial charge in [-0.05, 0) is 49.6 Å². The standard InChI is InChI=1S/C20H18ClN5/c1-12-3-2-4-15(21)19(12)25-20-18-10-22-11-26(18)17-8-7-14(9-16(17)24-20)23-13-5-6-13/h2-4,7-11,13,23H,5-6H2,1H3,(H,24,25). The summed E-state index contributed by atoms with van der Waals surface area (Å²) in [6.07, 6.45) is 6.12. The van der Waals surface area contributed by atoms with Gasteiger partial charge in [-0.15, -0.1) is 0 Å². The van der Waals surface area contributed by atoms with Crippen molar-refractivity contribution >= 4 is 45.3 Å². The fraction of sp³-hybridized carbons (Fsp3) is 0.200. The smallest absolute Gasteiger partial charge is 0.157 e. The lowest BCUT2D eigenvalue weighted by molar-refractivity contribution is 1.15. The van der Waals surface area contributed by atoms with Crippen LogP contribution in [0.4, 0.5) is 17.2 Å². The number of halogens is 1. The minimum atomic E-state index is 0.604. The summed E-state index contributed by atoms with van der Waals surface area (Å²) in [5.41, 5.74) is 5.90. The molecule has 0 atom stereocenters. The molecule has 1 fully saturated rings. The van der Waals surface area contributed by atoms with Crippen LogP contribution in [0.3, 0.4) is 0 Å². The fourth-order valence-electron chi connectivity index (χ4n) is 3.21. The van der Waals surface area contributed by atoms with Gasteiger partial charge in [0, 0.05) is 11.7 Å². The van der Waals surface area contributed by atoms with E-state index in [1.807, 2.05) is 37.6 Å². The predicted octanol–water partition coefficient (Wildman–Crippen LogP) is 5.16. The molecule has 0 bridgehead atoms. The van der Waals surface area contributed by atoms with Crippen molar-refractivity contribution < 1.29 is 0 Å². The fourth-order valence-corrected chi connectivity index (χ4v) is 3.48. The summed E-state index contributed by atoms with van der Waals surface area (Å²) >= 11 is 6.39. The lowest BCUT2D eigenvalue weighted by atomic mass is 10.2. The lowest BCUT2D eigenvalue weighted by Crippen LogP contribution is -2.03. The summed E-state index contributed by atoms with van der Waals surface area (Å²) in [5.74, 6) is 0.745. The molecule has 26 heavy (non-hydrogen) atoms. The molecule has 130 valence electrons. The van der Waals surface area contributed by atoms with Gasteiger partial charge in [0.1, 0.15) is 5.52 Å². The summed E-state index contributed by atoms with van der Waals surface area (Å²) in [7, 11) is 0. The van der Waals surface area contributed by atoms with Crippen molar-refractivity contribution in [3.05, 3.63) is 59.5 Å². The Morgan fingerprint density at radius 2 is 2.04 bits per heavy atom. The van der Waals surface area contributed by atoms with Crippen molar-refractivity contribution in [2.24, 2.45) is 0 Å². The molecule has 0 spiro atoms. The molecular formula is C20H18ClN5. The predicted molar refractivity (Wildman–Crippen MR) is 107 cm³/mol. The van der Waals surface area contributed by atoms with Gasteiger partial charge < -0.3 is 10.6 Å². The van der Waals surface area contributed by atoms with Crippen molar-refractivity contribution in [2.75, 3.05) is 10.6 Å². The highest BCUT2D eigenvalue weighted by Gasteiger charge is 2.21. The number of fused-ring (bicyclic) bond motifs is 3. The number of nitrogens with one attached hydrogen (secondary N) is 2. The van der Waals surface area contributed by atoms with Crippen molar-refractivity contribution in [3.63, 3.8) is 0 Å². The Bertz CT molecular complexity index is 1110. The summed E-state index contributed by atoms with van der Waals surface area (Å²) in [4.78, 5) is 9.18. The van der Waals surface area contributed by atoms with Gasteiger partial charge >= 0.3 is 0 Å². The molecule has 5 nitrogen and oxygen atoms in total. The number of nitrogens with zero attached hydrogens (tertiary/aromatic N) is 3. The molecule has 5 rings (SSSR count). The largest absolute Gasteiger partial charge is 0.382 e. The normalized spacial score (nSPS) is 14.1. The molecule has 4 aromatic rings. The second-order valence-corrected chi connectivity index (χ2v) is 7.20. The number of aromatic nitrogens is 3. The molecule has 0 unspecified atom stereocenters. The average Bonchev–Trinajstić information content (AvgIpc) is 3.29. The van der Waals surface area contributed by atoms with Gasteiger partial charge in [0.25, 0.3) is 0 Å². The van der Waals surface area contributed by atoms with E-state index in [1.54, 1.807) is 0 Å². The summed E-state index contributed by atoms with van der Waals surface area (Å²) < 4.78 is 2.05. The highest BCUT2D eigenvalue weighted by atomic mass is 35.5. The first-order chi connectivity index (χ1) is 12.7. The zero-order chi connectivity index (χ0) is 17.7. The molecule has 1 saturated carbocycles. The molecule has 0 saturated heterocycles. The highest BCUT2D eigenvalue weighted by Crippen LogP contribution is 2.32. The molecule has 2 aromatic heterocycles. The maximum Gasteiger partial charge on any atom is 0.157 e. The first-order valence-corrected chi connectivity index (χ1v) is 9.11. The van der Waals surface area contributed by atoms with Crippen molar-refractivity contribution in [2.45, 2.75) is 25.8 Å². The third kappa shape index (κ3) is 2.65. The Kier molecular flexibility index (Phi) is 3.50. The zero-order valence-electron chi connectivity index (χ0n) is 14.3. The number of benzene rings is 2. The molecule has 1 aliphatic rings. The van der Waals surface area contributed by atoms with Crippen LogP contribution in [0.15, 0.2) is 48.9 Å². The maximum atomic E-state index is 6.39. The van der Waals surface area contributed by atoms with E-state index in [4.69, 9.17) is 16.6 Å². The zero-order valence-corrected chi connectivity index (χ0v) is 15.1. The van der Waals surface area contributed by atoms with Crippen LogP contribution in [0, 0.1) is 6.92 Å². The van der Waals surface area contributed by atoms with E-state index in [9.17, 15) is 0 Å². The van der Waals surface area contributed by atoms with Gasteiger partial charge in [0.2, 0.25) is 0 Å². The molecule has 6 heteroatoms. The van der Waals surface area contributed by atoms with Gasteiger partial charge in [-0.2, -0.15) is 0 Å². The number of rotatable bonds is 4. The average molecular weight is 364 g/mol. The van der Waals surface area contributed by atoms with E-state index in [0.717, 1.165) is 39.3 Å². The Labute approximate surface area is 156 Å². The Hall–Kier alpha value is -2.79. The molecular weight excluding hydrogens is 346 g/mol. The quantitative estimate of drug-likeness (QED) is 0.525. The molecule has 0 aliphatic heterocycles. The van der Waals surface area contributed by atoms with Crippen LogP contribution in [-0.2, 0) is 0 Å². The minimum Gasteiger partial charge on any atom is -0.382 e. The third-order valence-electron chi connectivity index (χ3n) is 4.76. The van der Waals surface area contributed by atoms with E-state index < -0.39 is 0 Å².